The summed E-state index contributed by atoms with van der Waals surface area (Å²) in [5, 5.41) is 12.9. The molecule has 1 unspecified atom stereocenters. The minimum absolute atomic E-state index is 0.538. The number of nitrogens with zero attached hydrogens (tertiary/aromatic N) is 1. The van der Waals surface area contributed by atoms with E-state index >= 15 is 0 Å². The molecule has 4 heteroatoms. The lowest BCUT2D eigenvalue weighted by molar-refractivity contribution is 0.188. The van der Waals surface area contributed by atoms with Crippen molar-refractivity contribution in [2.24, 2.45) is 0 Å². The second-order valence-corrected chi connectivity index (χ2v) is 4.72. The molecule has 1 N–H and O–H groups in total. The number of hydrogen-bond acceptors (Lipinski definition) is 4. The highest BCUT2D eigenvalue weighted by molar-refractivity contribution is 7.07. The Morgan fingerprint density at radius 2 is 2.24 bits per heavy atom. The van der Waals surface area contributed by atoms with Crippen LogP contribution in [0.15, 0.2) is 39.6 Å². The molecule has 3 nitrogen and oxygen atoms in total. The zero-order valence-corrected chi connectivity index (χ0v) is 10.1. The molecule has 17 heavy (non-hydrogen) atoms. The van der Waals surface area contributed by atoms with Crippen molar-refractivity contribution < 1.29 is 9.52 Å². The van der Waals surface area contributed by atoms with Gasteiger partial charge in [0.15, 0.2) is 6.10 Å². The van der Waals surface area contributed by atoms with E-state index in [0.29, 0.717) is 11.5 Å². The Morgan fingerprint density at radius 3 is 3.00 bits per heavy atom. The third kappa shape index (κ3) is 1.85. The number of aliphatic hydroxyl groups excluding tert-OH is 1. The number of aryl methyl sites for hydroxylation is 1. The Balaban J connectivity index is 2.06. The molecule has 0 fully saturated rings. The molecule has 2 heterocycles. The van der Waals surface area contributed by atoms with Gasteiger partial charge in [-0.2, -0.15) is 0 Å². The van der Waals surface area contributed by atoms with Crippen LogP contribution in [0.25, 0.3) is 11.0 Å². The second kappa shape index (κ2) is 3.98. The highest BCUT2D eigenvalue weighted by atomic mass is 32.1. The van der Waals surface area contributed by atoms with Gasteiger partial charge in [0.25, 0.3) is 0 Å². The van der Waals surface area contributed by atoms with Gasteiger partial charge in [0, 0.05) is 10.8 Å². The van der Waals surface area contributed by atoms with E-state index in [4.69, 9.17) is 4.42 Å². The van der Waals surface area contributed by atoms with E-state index < -0.39 is 6.10 Å². The Bertz CT molecular complexity index is 643. The molecule has 1 aromatic carbocycles. The molecule has 0 aliphatic carbocycles. The topological polar surface area (TPSA) is 46.3 Å². The van der Waals surface area contributed by atoms with Crippen LogP contribution in [0.2, 0.25) is 0 Å². The third-order valence-corrected chi connectivity index (χ3v) is 3.30. The minimum Gasteiger partial charge on any atom is -0.458 e. The molecule has 0 aliphatic rings. The predicted molar refractivity (Wildman–Crippen MR) is 67.1 cm³/mol. The molecule has 3 rings (SSSR count). The molecule has 0 aliphatic heterocycles. The van der Waals surface area contributed by atoms with Crippen molar-refractivity contribution in [2.45, 2.75) is 13.0 Å². The molecule has 0 spiro atoms. The van der Waals surface area contributed by atoms with E-state index in [1.807, 2.05) is 36.6 Å². The molecule has 0 radical (unpaired) electrons. The second-order valence-electron chi connectivity index (χ2n) is 4.01. The normalized spacial score (nSPS) is 13.1. The summed E-state index contributed by atoms with van der Waals surface area (Å²) in [6.45, 7) is 2.03. The van der Waals surface area contributed by atoms with Crippen molar-refractivity contribution in [3.63, 3.8) is 0 Å². The fraction of sp³-hybridized carbons (Fsp3) is 0.154. The lowest BCUT2D eigenvalue weighted by atomic mass is 10.1. The van der Waals surface area contributed by atoms with Crippen LogP contribution in [0.1, 0.15) is 23.1 Å². The SMILES string of the molecule is Cc1ccc2oc(C(O)c3cscn3)cc2c1. The van der Waals surface area contributed by atoms with Crippen LogP contribution in [0, 0.1) is 6.92 Å². The van der Waals surface area contributed by atoms with Gasteiger partial charge in [0.2, 0.25) is 0 Å². The summed E-state index contributed by atoms with van der Waals surface area (Å²) in [5.41, 5.74) is 4.30. The smallest absolute Gasteiger partial charge is 0.154 e. The lowest BCUT2D eigenvalue weighted by Gasteiger charge is -2.02. The Morgan fingerprint density at radius 1 is 1.35 bits per heavy atom. The van der Waals surface area contributed by atoms with Crippen molar-refractivity contribution in [3.05, 3.63) is 52.2 Å². The standard InChI is InChI=1S/C13H11NO2S/c1-8-2-3-11-9(4-8)5-12(16-11)13(15)10-6-17-7-14-10/h2-7,13,15H,1H3. The first-order chi connectivity index (χ1) is 8.24. The first-order valence-corrected chi connectivity index (χ1v) is 6.24. The van der Waals surface area contributed by atoms with Gasteiger partial charge in [0.05, 0.1) is 11.2 Å². The van der Waals surface area contributed by atoms with Gasteiger partial charge in [-0.15, -0.1) is 11.3 Å². The number of aliphatic hydroxyl groups is 1. The molecule has 2 aromatic heterocycles. The molecular weight excluding hydrogens is 234 g/mol. The summed E-state index contributed by atoms with van der Waals surface area (Å²) in [6.07, 6.45) is -0.783. The van der Waals surface area contributed by atoms with Crippen molar-refractivity contribution in [3.8, 4) is 0 Å². The first-order valence-electron chi connectivity index (χ1n) is 5.30. The number of hydrogen-bond donors (Lipinski definition) is 1. The number of aromatic nitrogens is 1. The average molecular weight is 245 g/mol. The predicted octanol–water partition coefficient (Wildman–Crippen LogP) is 3.28. The molecule has 0 amide bonds. The Labute approximate surface area is 102 Å². The monoisotopic (exact) mass is 245 g/mol. The van der Waals surface area contributed by atoms with Crippen molar-refractivity contribution >= 4 is 22.3 Å². The van der Waals surface area contributed by atoms with Crippen LogP contribution >= 0.6 is 11.3 Å². The summed E-state index contributed by atoms with van der Waals surface area (Å²) < 4.78 is 5.62. The highest BCUT2D eigenvalue weighted by Crippen LogP contribution is 2.28. The molecular formula is C13H11NO2S. The van der Waals surface area contributed by atoms with Crippen LogP contribution in [0.3, 0.4) is 0 Å². The number of benzene rings is 1. The molecule has 1 atom stereocenters. The maximum atomic E-state index is 10.1. The molecule has 0 bridgehead atoms. The third-order valence-electron chi connectivity index (χ3n) is 2.69. The van der Waals surface area contributed by atoms with Crippen LogP contribution in [-0.2, 0) is 0 Å². The summed E-state index contributed by atoms with van der Waals surface area (Å²) in [5.74, 6) is 0.538. The molecule has 0 saturated heterocycles. The van der Waals surface area contributed by atoms with E-state index in [-0.39, 0.29) is 0 Å². The quantitative estimate of drug-likeness (QED) is 0.753. The van der Waals surface area contributed by atoms with Crippen molar-refractivity contribution in [2.75, 3.05) is 0 Å². The van der Waals surface area contributed by atoms with Gasteiger partial charge in [-0.1, -0.05) is 11.6 Å². The van der Waals surface area contributed by atoms with Gasteiger partial charge >= 0.3 is 0 Å². The number of fused-ring (bicyclic) bond motifs is 1. The molecule has 0 saturated carbocycles. The number of rotatable bonds is 2. The van der Waals surface area contributed by atoms with E-state index in [2.05, 4.69) is 4.98 Å². The summed E-state index contributed by atoms with van der Waals surface area (Å²) >= 11 is 1.46. The Hall–Kier alpha value is -1.65. The van der Waals surface area contributed by atoms with Crippen LogP contribution < -0.4 is 0 Å². The summed E-state index contributed by atoms with van der Waals surface area (Å²) in [7, 11) is 0. The van der Waals surface area contributed by atoms with E-state index in [0.717, 1.165) is 11.0 Å². The molecule has 86 valence electrons. The van der Waals surface area contributed by atoms with Crippen LogP contribution in [0.5, 0.6) is 0 Å². The maximum absolute atomic E-state index is 10.1. The van der Waals surface area contributed by atoms with Gasteiger partial charge in [-0.3, -0.25) is 0 Å². The Kier molecular flexibility index (Phi) is 2.46. The average Bonchev–Trinajstić information content (AvgIpc) is 2.96. The van der Waals surface area contributed by atoms with Crippen LogP contribution in [0.4, 0.5) is 0 Å². The van der Waals surface area contributed by atoms with Gasteiger partial charge in [0.1, 0.15) is 11.3 Å². The largest absolute Gasteiger partial charge is 0.458 e. The zero-order valence-electron chi connectivity index (χ0n) is 9.25. The van der Waals surface area contributed by atoms with Gasteiger partial charge in [-0.05, 0) is 25.1 Å². The summed E-state index contributed by atoms with van der Waals surface area (Å²) in [6, 6.07) is 7.81. The number of furan rings is 1. The van der Waals surface area contributed by atoms with Gasteiger partial charge < -0.3 is 9.52 Å². The van der Waals surface area contributed by atoms with Gasteiger partial charge in [-0.25, -0.2) is 4.98 Å². The first kappa shape index (κ1) is 10.5. The van der Waals surface area contributed by atoms with Crippen molar-refractivity contribution in [1.82, 2.24) is 4.98 Å². The number of thiazole rings is 1. The van der Waals surface area contributed by atoms with Crippen LogP contribution in [-0.4, -0.2) is 10.1 Å². The summed E-state index contributed by atoms with van der Waals surface area (Å²) in [4.78, 5) is 4.09. The van der Waals surface area contributed by atoms with E-state index in [1.165, 1.54) is 16.9 Å². The van der Waals surface area contributed by atoms with E-state index in [9.17, 15) is 5.11 Å². The van der Waals surface area contributed by atoms with Crippen molar-refractivity contribution in [1.29, 1.82) is 0 Å². The van der Waals surface area contributed by atoms with E-state index in [1.54, 1.807) is 5.51 Å². The lowest BCUT2D eigenvalue weighted by Crippen LogP contribution is -1.97. The zero-order chi connectivity index (χ0) is 11.8. The minimum atomic E-state index is -0.783. The maximum Gasteiger partial charge on any atom is 0.154 e. The fourth-order valence-corrected chi connectivity index (χ4v) is 2.39. The highest BCUT2D eigenvalue weighted by Gasteiger charge is 2.17. The fourth-order valence-electron chi connectivity index (χ4n) is 1.82. The molecule has 3 aromatic rings.